The summed E-state index contributed by atoms with van der Waals surface area (Å²) in [5.41, 5.74) is 1.86. The van der Waals surface area contributed by atoms with Crippen molar-refractivity contribution in [3.05, 3.63) is 50.3 Å². The maximum atomic E-state index is 12.3. The largest absolute Gasteiger partial charge is 0.369 e. The van der Waals surface area contributed by atoms with E-state index in [9.17, 15) is 9.59 Å². The van der Waals surface area contributed by atoms with E-state index < -0.39 is 0 Å². The van der Waals surface area contributed by atoms with Crippen molar-refractivity contribution in [2.45, 2.75) is 25.6 Å². The predicted molar refractivity (Wildman–Crippen MR) is 107 cm³/mol. The van der Waals surface area contributed by atoms with Crippen LogP contribution in [0.3, 0.4) is 0 Å². The number of likely N-dealkylation sites (tertiary alicyclic amines) is 1. The van der Waals surface area contributed by atoms with Crippen molar-refractivity contribution in [2.24, 2.45) is 0 Å². The lowest BCUT2D eigenvalue weighted by Gasteiger charge is -2.38. The van der Waals surface area contributed by atoms with E-state index in [0.717, 1.165) is 15.6 Å². The van der Waals surface area contributed by atoms with Gasteiger partial charge in [0.1, 0.15) is 5.82 Å². The van der Waals surface area contributed by atoms with Gasteiger partial charge in [0.05, 0.1) is 12.7 Å². The van der Waals surface area contributed by atoms with Crippen molar-refractivity contribution in [1.82, 2.24) is 9.88 Å². The van der Waals surface area contributed by atoms with Gasteiger partial charge in [-0.05, 0) is 51.7 Å². The minimum atomic E-state index is -0.0280. The molecule has 0 aliphatic carbocycles. The van der Waals surface area contributed by atoms with Crippen LogP contribution in [0.4, 0.5) is 5.82 Å². The number of halogens is 1. The molecule has 27 heavy (non-hydrogen) atoms. The predicted octanol–water partition coefficient (Wildman–Crippen LogP) is 3.23. The molecule has 2 aliphatic rings. The fourth-order valence-electron chi connectivity index (χ4n) is 2.99. The highest BCUT2D eigenvalue weighted by molar-refractivity contribution is 9.10. The van der Waals surface area contributed by atoms with Gasteiger partial charge in [-0.1, -0.05) is 0 Å². The maximum absolute atomic E-state index is 12.3. The van der Waals surface area contributed by atoms with Gasteiger partial charge in [0.15, 0.2) is 0 Å². The summed E-state index contributed by atoms with van der Waals surface area (Å²) in [7, 11) is 0. The Labute approximate surface area is 169 Å². The normalized spacial score (nSPS) is 16.9. The Hall–Kier alpha value is -2.03. The van der Waals surface area contributed by atoms with Gasteiger partial charge in [0, 0.05) is 46.5 Å². The Morgan fingerprint density at radius 1 is 1.41 bits per heavy atom. The van der Waals surface area contributed by atoms with E-state index in [4.69, 9.17) is 4.74 Å². The molecule has 4 rings (SSSR count). The highest BCUT2D eigenvalue weighted by Crippen LogP contribution is 2.23. The molecular formula is C19H18BrN3O3S. The summed E-state index contributed by atoms with van der Waals surface area (Å²) in [6, 6.07) is 4.01. The van der Waals surface area contributed by atoms with Gasteiger partial charge in [-0.3, -0.25) is 9.59 Å². The molecule has 0 radical (unpaired) electrons. The summed E-state index contributed by atoms with van der Waals surface area (Å²) in [5, 5.41) is 4.78. The lowest BCUT2D eigenvalue weighted by atomic mass is 10.0. The summed E-state index contributed by atoms with van der Waals surface area (Å²) in [4.78, 5) is 30.8. The van der Waals surface area contributed by atoms with E-state index in [-0.39, 0.29) is 17.9 Å². The molecule has 0 bridgehead atoms. The molecule has 2 aromatic heterocycles. The van der Waals surface area contributed by atoms with Crippen molar-refractivity contribution in [3.63, 3.8) is 0 Å². The average molecular weight is 448 g/mol. The summed E-state index contributed by atoms with van der Waals surface area (Å²) in [5.74, 6) is 0.588. The summed E-state index contributed by atoms with van der Waals surface area (Å²) in [6.45, 7) is 1.81. The summed E-state index contributed by atoms with van der Waals surface area (Å²) >= 11 is 5.09. The van der Waals surface area contributed by atoms with Crippen LogP contribution in [-0.4, -0.2) is 40.9 Å². The average Bonchev–Trinajstić information content (AvgIpc) is 3.03. The van der Waals surface area contributed by atoms with Crippen molar-refractivity contribution in [1.29, 1.82) is 0 Å². The van der Waals surface area contributed by atoms with Crippen LogP contribution in [-0.2, 0) is 27.4 Å². The first kappa shape index (κ1) is 18.3. The van der Waals surface area contributed by atoms with Crippen LogP contribution in [0.15, 0.2) is 34.3 Å². The molecular weight excluding hydrogens is 430 g/mol. The molecule has 2 aromatic rings. The molecule has 0 saturated carbocycles. The molecule has 0 aromatic carbocycles. The van der Waals surface area contributed by atoms with Gasteiger partial charge >= 0.3 is 0 Å². The number of nitrogens with one attached hydrogen (secondary N) is 1. The Morgan fingerprint density at radius 3 is 3.04 bits per heavy atom. The van der Waals surface area contributed by atoms with Crippen LogP contribution >= 0.6 is 27.3 Å². The second-order valence-corrected chi connectivity index (χ2v) is 8.48. The number of aryl methyl sites for hydroxylation is 1. The van der Waals surface area contributed by atoms with E-state index in [2.05, 4.69) is 26.2 Å². The molecule has 8 heteroatoms. The number of aromatic nitrogens is 1. The number of fused-ring (bicyclic) bond motifs is 1. The second-order valence-electron chi connectivity index (χ2n) is 6.57. The zero-order valence-corrected chi connectivity index (χ0v) is 16.9. The third kappa shape index (κ3) is 4.45. The fraction of sp³-hybridized carbons (Fsp3) is 0.316. The zero-order valence-electron chi connectivity index (χ0n) is 14.5. The molecule has 2 amide bonds. The van der Waals surface area contributed by atoms with Gasteiger partial charge in [-0.25, -0.2) is 4.98 Å². The first-order valence-electron chi connectivity index (χ1n) is 8.67. The molecule has 4 heterocycles. The molecule has 0 unspecified atom stereocenters. The Balaban J connectivity index is 1.26. The monoisotopic (exact) mass is 447 g/mol. The standard InChI is InChI=1S/C19H18BrN3O3S/c20-14-6-16(27-11-14)10-26-15-8-23(9-15)18(25)4-1-12-5-13-2-3-17(24)22-19(13)21-7-12/h1,4-7,11,15H,2-3,8-10H2,(H,21,22,24). The third-order valence-electron chi connectivity index (χ3n) is 4.53. The number of pyridine rings is 1. The number of carbonyl (C=O) groups is 2. The van der Waals surface area contributed by atoms with E-state index in [1.165, 1.54) is 4.88 Å². The number of rotatable bonds is 5. The van der Waals surface area contributed by atoms with Crippen LogP contribution < -0.4 is 5.32 Å². The molecule has 1 N–H and O–H groups in total. The molecule has 140 valence electrons. The highest BCUT2D eigenvalue weighted by atomic mass is 79.9. The Bertz CT molecular complexity index is 905. The number of hydrogen-bond donors (Lipinski definition) is 1. The Morgan fingerprint density at radius 2 is 2.26 bits per heavy atom. The molecule has 0 atom stereocenters. The van der Waals surface area contributed by atoms with E-state index in [0.29, 0.717) is 38.4 Å². The SMILES string of the molecule is O=C1CCc2cc(C=CC(=O)N3CC(OCc4cc(Br)cs4)C3)cnc2N1. The first-order valence-corrected chi connectivity index (χ1v) is 10.3. The fourth-order valence-corrected chi connectivity index (χ4v) is 4.36. The van der Waals surface area contributed by atoms with Crippen molar-refractivity contribution in [3.8, 4) is 0 Å². The quantitative estimate of drug-likeness (QED) is 0.714. The Kier molecular flexibility index (Phi) is 5.38. The van der Waals surface area contributed by atoms with E-state index in [1.807, 2.05) is 17.5 Å². The highest BCUT2D eigenvalue weighted by Gasteiger charge is 2.30. The number of carbonyl (C=O) groups excluding carboxylic acids is 2. The number of anilines is 1. The lowest BCUT2D eigenvalue weighted by molar-refractivity contribution is -0.140. The van der Waals surface area contributed by atoms with Crippen molar-refractivity contribution >= 4 is 51.0 Å². The van der Waals surface area contributed by atoms with Gasteiger partial charge in [0.2, 0.25) is 11.8 Å². The molecule has 0 spiro atoms. The van der Waals surface area contributed by atoms with Gasteiger partial charge in [0.25, 0.3) is 0 Å². The van der Waals surface area contributed by atoms with Crippen molar-refractivity contribution in [2.75, 3.05) is 18.4 Å². The molecule has 1 fully saturated rings. The van der Waals surface area contributed by atoms with Gasteiger partial charge in [-0.2, -0.15) is 0 Å². The number of hydrogen-bond acceptors (Lipinski definition) is 5. The third-order valence-corrected chi connectivity index (χ3v) is 6.20. The molecule has 6 nitrogen and oxygen atoms in total. The second kappa shape index (κ2) is 7.92. The topological polar surface area (TPSA) is 71.5 Å². The first-order chi connectivity index (χ1) is 13.1. The maximum Gasteiger partial charge on any atom is 0.246 e. The van der Waals surface area contributed by atoms with Crippen LogP contribution in [0, 0.1) is 0 Å². The molecule has 2 aliphatic heterocycles. The number of nitrogens with zero attached hydrogens (tertiary/aromatic N) is 2. The van der Waals surface area contributed by atoms with Crippen LogP contribution in [0.25, 0.3) is 6.08 Å². The van der Waals surface area contributed by atoms with E-state index >= 15 is 0 Å². The number of ether oxygens (including phenoxy) is 1. The van der Waals surface area contributed by atoms with Crippen LogP contribution in [0.5, 0.6) is 0 Å². The van der Waals surface area contributed by atoms with E-state index in [1.54, 1.807) is 34.6 Å². The lowest BCUT2D eigenvalue weighted by Crippen LogP contribution is -2.54. The molecule has 1 saturated heterocycles. The van der Waals surface area contributed by atoms with Gasteiger partial charge in [-0.15, -0.1) is 11.3 Å². The van der Waals surface area contributed by atoms with Crippen molar-refractivity contribution < 1.29 is 14.3 Å². The summed E-state index contributed by atoms with van der Waals surface area (Å²) < 4.78 is 6.89. The summed E-state index contributed by atoms with van der Waals surface area (Å²) in [6.07, 6.45) is 6.24. The number of thiophene rings is 1. The van der Waals surface area contributed by atoms with Crippen LogP contribution in [0.2, 0.25) is 0 Å². The minimum Gasteiger partial charge on any atom is -0.369 e. The zero-order chi connectivity index (χ0) is 18.8. The minimum absolute atomic E-state index is 0.00487. The van der Waals surface area contributed by atoms with Crippen LogP contribution in [0.1, 0.15) is 22.4 Å². The van der Waals surface area contributed by atoms with Gasteiger partial charge < -0.3 is 15.0 Å². The smallest absolute Gasteiger partial charge is 0.246 e. The number of amides is 2.